The van der Waals surface area contributed by atoms with E-state index in [2.05, 4.69) is 4.57 Å². The Morgan fingerprint density at radius 1 is 1.43 bits per heavy atom. The van der Waals surface area contributed by atoms with Gasteiger partial charge in [0.15, 0.2) is 0 Å². The Morgan fingerprint density at radius 3 is 2.71 bits per heavy atom. The van der Waals surface area contributed by atoms with Crippen molar-refractivity contribution in [2.24, 2.45) is 11.3 Å². The van der Waals surface area contributed by atoms with Gasteiger partial charge >= 0.3 is 5.97 Å². The van der Waals surface area contributed by atoms with Crippen molar-refractivity contribution in [2.45, 2.75) is 38.6 Å². The first kappa shape index (κ1) is 13.1. The van der Waals surface area contributed by atoms with Crippen LogP contribution in [0.4, 0.5) is 0 Å². The summed E-state index contributed by atoms with van der Waals surface area (Å²) in [6.45, 7) is 4.03. The highest BCUT2D eigenvalue weighted by Gasteiger charge is 2.65. The zero-order chi connectivity index (χ0) is 14.9. The van der Waals surface area contributed by atoms with Crippen LogP contribution in [0, 0.1) is 11.3 Å². The van der Waals surface area contributed by atoms with Crippen LogP contribution in [0.3, 0.4) is 0 Å². The number of imidazole rings is 1. The number of benzene rings is 1. The van der Waals surface area contributed by atoms with Crippen molar-refractivity contribution in [3.63, 3.8) is 0 Å². The van der Waals surface area contributed by atoms with Gasteiger partial charge in [0, 0.05) is 17.0 Å². The second-order valence-corrected chi connectivity index (χ2v) is 7.26. The molecule has 0 saturated heterocycles. The Hall–Kier alpha value is -1.55. The molecular formula is C16H17ClN2O2. The molecule has 2 fully saturated rings. The maximum absolute atomic E-state index is 11.5. The van der Waals surface area contributed by atoms with Gasteiger partial charge in [0.05, 0.1) is 17.0 Å². The van der Waals surface area contributed by atoms with E-state index in [0.717, 1.165) is 29.7 Å². The van der Waals surface area contributed by atoms with E-state index in [1.807, 2.05) is 32.0 Å². The van der Waals surface area contributed by atoms with Gasteiger partial charge < -0.3 is 9.67 Å². The largest absolute Gasteiger partial charge is 0.481 e. The lowest BCUT2D eigenvalue weighted by molar-refractivity contribution is -0.139. The molecule has 2 atom stereocenters. The van der Waals surface area contributed by atoms with Crippen molar-refractivity contribution in [2.75, 3.05) is 0 Å². The molecule has 0 spiro atoms. The van der Waals surface area contributed by atoms with Gasteiger partial charge in [-0.15, -0.1) is 0 Å². The minimum absolute atomic E-state index is 0.0122. The number of hydrogen-bond donors (Lipinski definition) is 1. The fourth-order valence-electron chi connectivity index (χ4n) is 3.61. The topological polar surface area (TPSA) is 55.1 Å². The minimum atomic E-state index is -0.725. The van der Waals surface area contributed by atoms with Gasteiger partial charge in [-0.25, -0.2) is 4.98 Å². The van der Waals surface area contributed by atoms with Gasteiger partial charge in [-0.1, -0.05) is 25.4 Å². The number of fused-ring (bicyclic) bond motifs is 1. The molecule has 0 radical (unpaired) electrons. The molecule has 1 N–H and O–H groups in total. The molecule has 2 saturated carbocycles. The lowest BCUT2D eigenvalue weighted by atomic mass is 10.1. The highest BCUT2D eigenvalue weighted by Crippen LogP contribution is 2.65. The van der Waals surface area contributed by atoms with Crippen LogP contribution in [0.2, 0.25) is 5.02 Å². The molecule has 2 unspecified atom stereocenters. The van der Waals surface area contributed by atoms with Crippen LogP contribution in [-0.4, -0.2) is 20.6 Å². The Labute approximate surface area is 127 Å². The lowest BCUT2D eigenvalue weighted by Crippen LogP contribution is -2.04. The van der Waals surface area contributed by atoms with E-state index in [-0.39, 0.29) is 17.3 Å². The number of halogens is 1. The van der Waals surface area contributed by atoms with E-state index in [1.165, 1.54) is 0 Å². The van der Waals surface area contributed by atoms with E-state index in [1.54, 1.807) is 0 Å². The molecule has 4 rings (SSSR count). The summed E-state index contributed by atoms with van der Waals surface area (Å²) in [7, 11) is 0. The lowest BCUT2D eigenvalue weighted by Gasteiger charge is -2.08. The summed E-state index contributed by atoms with van der Waals surface area (Å²) in [6, 6.07) is 6.21. The summed E-state index contributed by atoms with van der Waals surface area (Å²) in [6.07, 6.45) is 2.29. The average molecular weight is 305 g/mol. The summed E-state index contributed by atoms with van der Waals surface area (Å²) in [5.41, 5.74) is 1.71. The Balaban J connectivity index is 1.89. The molecule has 4 nitrogen and oxygen atoms in total. The number of carboxylic acid groups (broad SMARTS) is 1. The van der Waals surface area contributed by atoms with Crippen molar-refractivity contribution in [1.29, 1.82) is 0 Å². The van der Waals surface area contributed by atoms with Crippen LogP contribution in [0.25, 0.3) is 11.0 Å². The molecule has 0 bridgehead atoms. The first-order chi connectivity index (χ1) is 9.91. The van der Waals surface area contributed by atoms with Gasteiger partial charge in [0.25, 0.3) is 0 Å². The van der Waals surface area contributed by atoms with Gasteiger partial charge in [-0.05, 0) is 36.5 Å². The molecule has 110 valence electrons. The predicted molar refractivity (Wildman–Crippen MR) is 80.7 cm³/mol. The fraction of sp³-hybridized carbons (Fsp3) is 0.500. The Bertz CT molecular complexity index is 761. The molecule has 0 aliphatic heterocycles. The normalized spacial score (nSPS) is 27.0. The third-order valence-corrected chi connectivity index (χ3v) is 5.20. The number of carbonyl (C=O) groups is 1. The Morgan fingerprint density at radius 2 is 2.14 bits per heavy atom. The fourth-order valence-corrected chi connectivity index (χ4v) is 3.77. The number of carboxylic acids is 1. The van der Waals surface area contributed by atoms with E-state index in [4.69, 9.17) is 16.6 Å². The molecule has 21 heavy (non-hydrogen) atoms. The summed E-state index contributed by atoms with van der Waals surface area (Å²) < 4.78 is 2.25. The summed E-state index contributed by atoms with van der Waals surface area (Å²) in [5, 5.41) is 10.1. The first-order valence-electron chi connectivity index (χ1n) is 7.31. The van der Waals surface area contributed by atoms with E-state index < -0.39 is 5.97 Å². The van der Waals surface area contributed by atoms with E-state index in [9.17, 15) is 9.90 Å². The van der Waals surface area contributed by atoms with Crippen LogP contribution in [0.1, 0.15) is 44.5 Å². The van der Waals surface area contributed by atoms with Crippen molar-refractivity contribution >= 4 is 28.6 Å². The predicted octanol–water partition coefficient (Wildman–Crippen LogP) is 3.85. The molecule has 2 aliphatic carbocycles. The van der Waals surface area contributed by atoms with Crippen LogP contribution < -0.4 is 0 Å². The average Bonchev–Trinajstić information content (AvgIpc) is 3.27. The van der Waals surface area contributed by atoms with Gasteiger partial charge in [-0.2, -0.15) is 0 Å². The Kier molecular flexibility index (Phi) is 2.51. The van der Waals surface area contributed by atoms with Crippen molar-refractivity contribution < 1.29 is 9.90 Å². The van der Waals surface area contributed by atoms with Gasteiger partial charge in [-0.3, -0.25) is 4.79 Å². The molecule has 0 amide bonds. The van der Waals surface area contributed by atoms with Gasteiger partial charge in [0.2, 0.25) is 0 Å². The number of aromatic nitrogens is 2. The summed E-state index contributed by atoms with van der Waals surface area (Å²) in [4.78, 5) is 16.2. The second kappa shape index (κ2) is 4.01. The molecule has 1 aromatic carbocycles. The number of nitrogens with zero attached hydrogens (tertiary/aromatic N) is 2. The standard InChI is InChI=1S/C16H17ClN2O2/c1-16(2)12(13(16)15(20)21)14-18-10-7-8(17)3-6-11(10)19(14)9-4-5-9/h3,6-7,9,12-13H,4-5H2,1-2H3,(H,20,21). The quantitative estimate of drug-likeness (QED) is 0.937. The molecular weight excluding hydrogens is 288 g/mol. The van der Waals surface area contributed by atoms with Crippen molar-refractivity contribution in [3.05, 3.63) is 29.0 Å². The second-order valence-electron chi connectivity index (χ2n) is 6.82. The highest BCUT2D eigenvalue weighted by molar-refractivity contribution is 6.31. The van der Waals surface area contributed by atoms with Crippen LogP contribution >= 0.6 is 11.6 Å². The maximum atomic E-state index is 11.5. The summed E-state index contributed by atoms with van der Waals surface area (Å²) >= 11 is 6.06. The molecule has 2 aromatic rings. The molecule has 1 aromatic heterocycles. The van der Waals surface area contributed by atoms with E-state index >= 15 is 0 Å². The van der Waals surface area contributed by atoms with Crippen LogP contribution in [0.5, 0.6) is 0 Å². The highest BCUT2D eigenvalue weighted by atomic mass is 35.5. The SMILES string of the molecule is CC1(C)C(C(=O)O)C1c1nc2cc(Cl)ccc2n1C1CC1. The molecule has 2 aliphatic rings. The summed E-state index contributed by atoms with van der Waals surface area (Å²) in [5.74, 6) is -0.159. The third-order valence-electron chi connectivity index (χ3n) is 4.96. The zero-order valence-electron chi connectivity index (χ0n) is 12.0. The monoisotopic (exact) mass is 304 g/mol. The third kappa shape index (κ3) is 1.81. The van der Waals surface area contributed by atoms with Crippen molar-refractivity contribution in [1.82, 2.24) is 9.55 Å². The van der Waals surface area contributed by atoms with Gasteiger partial charge in [0.1, 0.15) is 5.82 Å². The number of aliphatic carboxylic acids is 1. The zero-order valence-corrected chi connectivity index (χ0v) is 12.8. The first-order valence-corrected chi connectivity index (χ1v) is 7.69. The number of rotatable bonds is 3. The number of hydrogen-bond acceptors (Lipinski definition) is 2. The molecule has 1 heterocycles. The molecule has 5 heteroatoms. The minimum Gasteiger partial charge on any atom is -0.481 e. The van der Waals surface area contributed by atoms with Crippen LogP contribution in [0.15, 0.2) is 18.2 Å². The smallest absolute Gasteiger partial charge is 0.307 e. The maximum Gasteiger partial charge on any atom is 0.307 e. The van der Waals surface area contributed by atoms with E-state index in [0.29, 0.717) is 11.1 Å². The van der Waals surface area contributed by atoms with Crippen LogP contribution in [-0.2, 0) is 4.79 Å². The van der Waals surface area contributed by atoms with Crippen molar-refractivity contribution in [3.8, 4) is 0 Å².